The van der Waals surface area contributed by atoms with E-state index in [1.54, 1.807) is 18.2 Å². The average molecular weight is 440 g/mol. The molecule has 9 nitrogen and oxygen atoms in total. The van der Waals surface area contributed by atoms with Crippen molar-refractivity contribution >= 4 is 23.2 Å². The monoisotopic (exact) mass is 439 g/mol. The molecule has 4 aromatic rings. The Morgan fingerprint density at radius 1 is 1.14 bits per heavy atom. The number of aromatic nitrogens is 7. The minimum atomic E-state index is -2.61. The molecule has 0 fully saturated rings. The Balaban J connectivity index is 1.61. The van der Waals surface area contributed by atoms with Crippen LogP contribution in [0.5, 0.6) is 5.88 Å². The van der Waals surface area contributed by atoms with Crippen molar-refractivity contribution in [2.75, 3.05) is 6.61 Å². The first kappa shape index (κ1) is 19.2. The third-order valence-corrected chi connectivity index (χ3v) is 4.10. The van der Waals surface area contributed by atoms with Crippen molar-refractivity contribution in [3.63, 3.8) is 0 Å². The van der Waals surface area contributed by atoms with Crippen molar-refractivity contribution in [2.24, 2.45) is 0 Å². The maximum absolute atomic E-state index is 12.2. The smallest absolute Gasteiger partial charge is 0.278 e. The van der Waals surface area contributed by atoms with E-state index in [0.29, 0.717) is 21.4 Å². The van der Waals surface area contributed by atoms with Crippen LogP contribution in [0, 0.1) is 0 Å². The van der Waals surface area contributed by atoms with Crippen molar-refractivity contribution < 1.29 is 18.0 Å². The SMILES string of the molecule is FC(F)COc1cnc(-c2noc(-c3cnnn3-c3cc(Cl)ccc3Cl)n2)cn1. The molecule has 3 heterocycles. The van der Waals surface area contributed by atoms with Crippen molar-refractivity contribution in [1.29, 1.82) is 0 Å². The van der Waals surface area contributed by atoms with Crippen molar-refractivity contribution in [2.45, 2.75) is 6.43 Å². The molecule has 0 radical (unpaired) electrons. The van der Waals surface area contributed by atoms with E-state index < -0.39 is 13.0 Å². The zero-order valence-electron chi connectivity index (χ0n) is 14.2. The molecule has 148 valence electrons. The standard InChI is InChI=1S/C16H9Cl2F2N7O2/c17-8-1-2-9(18)11(3-8)27-12(5-23-26-27)16-24-15(25-29-16)10-4-22-14(6-21-10)28-7-13(19)20/h1-6,13H,7H2. The summed E-state index contributed by atoms with van der Waals surface area (Å²) in [4.78, 5) is 12.2. The molecule has 0 aliphatic carbocycles. The molecule has 0 amide bonds. The predicted molar refractivity (Wildman–Crippen MR) is 97.2 cm³/mol. The van der Waals surface area contributed by atoms with Gasteiger partial charge in [-0.2, -0.15) is 4.98 Å². The summed E-state index contributed by atoms with van der Waals surface area (Å²) >= 11 is 12.2. The topological polar surface area (TPSA) is 105 Å². The number of halogens is 4. The van der Waals surface area contributed by atoms with Gasteiger partial charge >= 0.3 is 0 Å². The largest absolute Gasteiger partial charge is 0.470 e. The fraction of sp³-hybridized carbons (Fsp3) is 0.125. The number of ether oxygens (including phenoxy) is 1. The quantitative estimate of drug-likeness (QED) is 0.447. The lowest BCUT2D eigenvalue weighted by Gasteiger charge is -2.06. The van der Waals surface area contributed by atoms with E-state index in [-0.39, 0.29) is 23.3 Å². The fourth-order valence-corrected chi connectivity index (χ4v) is 2.66. The first-order valence-corrected chi connectivity index (χ1v) is 8.70. The van der Waals surface area contributed by atoms with Gasteiger partial charge in [0.25, 0.3) is 12.3 Å². The highest BCUT2D eigenvalue weighted by molar-refractivity contribution is 6.34. The minimum absolute atomic E-state index is 0.0457. The summed E-state index contributed by atoms with van der Waals surface area (Å²) in [6, 6.07) is 4.88. The third-order valence-electron chi connectivity index (χ3n) is 3.55. The number of benzene rings is 1. The molecule has 0 N–H and O–H groups in total. The van der Waals surface area contributed by atoms with Crippen molar-refractivity contribution in [1.82, 2.24) is 35.1 Å². The number of alkyl halides is 2. The van der Waals surface area contributed by atoms with E-state index in [9.17, 15) is 8.78 Å². The summed E-state index contributed by atoms with van der Waals surface area (Å²) in [7, 11) is 0. The average Bonchev–Trinajstić information content (AvgIpc) is 3.38. The van der Waals surface area contributed by atoms with Crippen LogP contribution in [0.1, 0.15) is 0 Å². The Bertz CT molecular complexity index is 1130. The number of hydrogen-bond acceptors (Lipinski definition) is 8. The molecule has 0 spiro atoms. The van der Waals surface area contributed by atoms with Gasteiger partial charge in [0.1, 0.15) is 5.69 Å². The van der Waals surface area contributed by atoms with Crippen molar-refractivity contribution in [3.8, 4) is 34.7 Å². The fourth-order valence-electron chi connectivity index (χ4n) is 2.29. The minimum Gasteiger partial charge on any atom is -0.470 e. The van der Waals surface area contributed by atoms with E-state index >= 15 is 0 Å². The van der Waals surface area contributed by atoms with Gasteiger partial charge in [0.15, 0.2) is 12.3 Å². The molecule has 29 heavy (non-hydrogen) atoms. The van der Waals surface area contributed by atoms with Gasteiger partial charge < -0.3 is 9.26 Å². The molecule has 0 saturated heterocycles. The number of rotatable bonds is 6. The summed E-state index contributed by atoms with van der Waals surface area (Å²) in [5.74, 6) is 0.175. The van der Waals surface area contributed by atoms with Gasteiger partial charge in [-0.25, -0.2) is 23.4 Å². The van der Waals surface area contributed by atoms with Crippen LogP contribution < -0.4 is 4.74 Å². The highest BCUT2D eigenvalue weighted by atomic mass is 35.5. The molecule has 3 aromatic heterocycles. The zero-order valence-corrected chi connectivity index (χ0v) is 15.7. The second-order valence-corrected chi connectivity index (χ2v) is 6.34. The van der Waals surface area contributed by atoms with Crippen LogP contribution in [0.25, 0.3) is 28.8 Å². The summed E-state index contributed by atoms with van der Waals surface area (Å²) < 4.78 is 35.8. The summed E-state index contributed by atoms with van der Waals surface area (Å²) in [6.45, 7) is -0.774. The summed E-state index contributed by atoms with van der Waals surface area (Å²) in [5.41, 5.74) is 1.11. The van der Waals surface area contributed by atoms with Crippen LogP contribution in [0.4, 0.5) is 8.78 Å². The van der Waals surface area contributed by atoms with E-state index in [1.165, 1.54) is 23.3 Å². The molecule has 13 heteroatoms. The lowest BCUT2D eigenvalue weighted by molar-refractivity contribution is 0.0794. The highest BCUT2D eigenvalue weighted by Gasteiger charge is 2.19. The zero-order chi connectivity index (χ0) is 20.4. The molecule has 1 aromatic carbocycles. The van der Waals surface area contributed by atoms with E-state index in [1.807, 2.05) is 0 Å². The van der Waals surface area contributed by atoms with Gasteiger partial charge in [0, 0.05) is 5.02 Å². The molecule has 4 rings (SSSR count). The van der Waals surface area contributed by atoms with Crippen LogP contribution in [-0.4, -0.2) is 48.1 Å². The van der Waals surface area contributed by atoms with Crippen molar-refractivity contribution in [3.05, 3.63) is 46.8 Å². The van der Waals surface area contributed by atoms with Crippen LogP contribution >= 0.6 is 23.2 Å². The highest BCUT2D eigenvalue weighted by Crippen LogP contribution is 2.28. The Morgan fingerprint density at radius 3 is 2.76 bits per heavy atom. The predicted octanol–water partition coefficient (Wildman–Crippen LogP) is 3.73. The second kappa shape index (κ2) is 8.05. The van der Waals surface area contributed by atoms with Gasteiger partial charge in [-0.1, -0.05) is 33.6 Å². The Hall–Kier alpha value is -3.18. The molecule has 0 aliphatic rings. The van der Waals surface area contributed by atoms with Crippen LogP contribution in [-0.2, 0) is 0 Å². The van der Waals surface area contributed by atoms with E-state index in [4.69, 9.17) is 32.5 Å². The molecular formula is C16H9Cl2F2N7O2. The van der Waals surface area contributed by atoms with Crippen LogP contribution in [0.2, 0.25) is 10.0 Å². The van der Waals surface area contributed by atoms with Gasteiger partial charge in [-0.3, -0.25) is 0 Å². The van der Waals surface area contributed by atoms with E-state index in [0.717, 1.165) is 0 Å². The molecule has 0 atom stereocenters. The Labute approximate surface area is 171 Å². The Morgan fingerprint density at radius 2 is 2.00 bits per heavy atom. The molecule has 0 aliphatic heterocycles. The Kier molecular flexibility index (Phi) is 5.32. The number of nitrogens with zero attached hydrogens (tertiary/aromatic N) is 7. The summed E-state index contributed by atoms with van der Waals surface area (Å²) in [5, 5.41) is 12.5. The second-order valence-electron chi connectivity index (χ2n) is 5.49. The lowest BCUT2D eigenvalue weighted by Crippen LogP contribution is -2.08. The first-order valence-electron chi connectivity index (χ1n) is 7.95. The van der Waals surface area contributed by atoms with Crippen LogP contribution in [0.15, 0.2) is 41.3 Å². The molecule has 0 saturated carbocycles. The molecule has 0 unspecified atom stereocenters. The molecule has 0 bridgehead atoms. The molecular weight excluding hydrogens is 431 g/mol. The van der Waals surface area contributed by atoms with Gasteiger partial charge in [-0.15, -0.1) is 5.10 Å². The van der Waals surface area contributed by atoms with E-state index in [2.05, 4.69) is 30.4 Å². The van der Waals surface area contributed by atoms with Gasteiger partial charge in [0.05, 0.1) is 29.3 Å². The maximum atomic E-state index is 12.2. The third kappa shape index (κ3) is 4.15. The van der Waals surface area contributed by atoms with Gasteiger partial charge in [0.2, 0.25) is 11.7 Å². The lowest BCUT2D eigenvalue weighted by atomic mass is 10.3. The normalized spacial score (nSPS) is 11.2. The maximum Gasteiger partial charge on any atom is 0.278 e. The van der Waals surface area contributed by atoms with Gasteiger partial charge in [-0.05, 0) is 18.2 Å². The number of hydrogen-bond donors (Lipinski definition) is 0. The van der Waals surface area contributed by atoms with Crippen LogP contribution in [0.3, 0.4) is 0 Å². The summed E-state index contributed by atoms with van der Waals surface area (Å²) in [6.07, 6.45) is 1.27. The first-order chi connectivity index (χ1) is 14.0.